The summed E-state index contributed by atoms with van der Waals surface area (Å²) in [7, 11) is -3.06. The maximum absolute atomic E-state index is 13.8. The number of nitrogens with one attached hydrogen (secondary N) is 1. The lowest BCUT2D eigenvalue weighted by Crippen LogP contribution is -2.34. The average Bonchev–Trinajstić information content (AvgIpc) is 2.85. The van der Waals surface area contributed by atoms with E-state index in [4.69, 9.17) is 9.47 Å². The molecule has 0 bridgehead atoms. The predicted octanol–water partition coefficient (Wildman–Crippen LogP) is 4.15. The lowest BCUT2D eigenvalue weighted by molar-refractivity contribution is -0.153. The fourth-order valence-corrected chi connectivity index (χ4v) is 4.69. The van der Waals surface area contributed by atoms with Crippen molar-refractivity contribution in [2.75, 3.05) is 18.0 Å². The number of ether oxygens (including phenoxy) is 2. The minimum absolute atomic E-state index is 0.213. The molecule has 8 nitrogen and oxygen atoms in total. The number of anilines is 1. The van der Waals surface area contributed by atoms with Crippen molar-refractivity contribution in [3.05, 3.63) is 83.9 Å². The van der Waals surface area contributed by atoms with Gasteiger partial charge in [-0.15, -0.1) is 0 Å². The number of carbonyl (C=O) groups excluding carboxylic acids is 1. The van der Waals surface area contributed by atoms with Gasteiger partial charge in [-0.05, 0) is 42.0 Å². The number of hydrogen-bond donors (Lipinski definition) is 2. The first-order valence-electron chi connectivity index (χ1n) is 10.0. The van der Waals surface area contributed by atoms with Crippen molar-refractivity contribution in [1.82, 2.24) is 5.48 Å². The summed E-state index contributed by atoms with van der Waals surface area (Å²) in [5, 5.41) is 9.21. The van der Waals surface area contributed by atoms with Crippen LogP contribution in [0.1, 0.15) is 15.9 Å². The molecule has 0 spiro atoms. The third-order valence-corrected chi connectivity index (χ3v) is 6.56. The van der Waals surface area contributed by atoms with Gasteiger partial charge in [0.05, 0.1) is 24.1 Å². The number of benzene rings is 3. The van der Waals surface area contributed by atoms with E-state index in [2.05, 4.69) is 0 Å². The standard InChI is InChI=1S/C23H21F3N2O6S/c1-33-17-10-12-18(13-11-17)35(31,32)28(14-16-6-3-2-4-7-16)21-19(22(29)27-30)8-5-9-20(21)34-15-23(24,25)26/h2-13,30H,14-15H2,1H3,(H,27,29). The Morgan fingerprint density at radius 1 is 1.00 bits per heavy atom. The van der Waals surface area contributed by atoms with Gasteiger partial charge in [0.15, 0.2) is 6.61 Å². The number of hydrogen-bond acceptors (Lipinski definition) is 6. The van der Waals surface area contributed by atoms with Crippen molar-refractivity contribution in [3.8, 4) is 11.5 Å². The second-order valence-electron chi connectivity index (χ2n) is 7.17. The summed E-state index contributed by atoms with van der Waals surface area (Å²) in [5.74, 6) is -1.27. The Labute approximate surface area is 199 Å². The van der Waals surface area contributed by atoms with Crippen molar-refractivity contribution in [2.45, 2.75) is 17.6 Å². The van der Waals surface area contributed by atoms with Crippen LogP contribution in [0.4, 0.5) is 18.9 Å². The Hall–Kier alpha value is -3.77. The molecule has 35 heavy (non-hydrogen) atoms. The molecule has 0 radical (unpaired) electrons. The molecule has 0 atom stereocenters. The van der Waals surface area contributed by atoms with Gasteiger partial charge in [-0.25, -0.2) is 13.9 Å². The lowest BCUT2D eigenvalue weighted by atomic mass is 10.1. The molecule has 3 rings (SSSR count). The zero-order valence-corrected chi connectivity index (χ0v) is 19.1. The molecule has 0 fully saturated rings. The van der Waals surface area contributed by atoms with Crippen LogP contribution in [0, 0.1) is 0 Å². The number of alkyl halides is 3. The van der Waals surface area contributed by atoms with Gasteiger partial charge < -0.3 is 9.47 Å². The van der Waals surface area contributed by atoms with Crippen molar-refractivity contribution in [2.24, 2.45) is 0 Å². The number of sulfonamides is 1. The molecule has 0 aliphatic carbocycles. The summed E-state index contributed by atoms with van der Waals surface area (Å²) in [6, 6.07) is 17.0. The highest BCUT2D eigenvalue weighted by Gasteiger charge is 2.34. The first-order valence-corrected chi connectivity index (χ1v) is 11.5. The Balaban J connectivity index is 2.24. The van der Waals surface area contributed by atoms with Crippen LogP contribution in [0.25, 0.3) is 0 Å². The smallest absolute Gasteiger partial charge is 0.422 e. The van der Waals surface area contributed by atoms with E-state index >= 15 is 0 Å². The number of para-hydroxylation sites is 1. The van der Waals surface area contributed by atoms with Gasteiger partial charge in [0, 0.05) is 0 Å². The number of amides is 1. The molecule has 0 aliphatic rings. The summed E-state index contributed by atoms with van der Waals surface area (Å²) in [6.07, 6.45) is -4.73. The summed E-state index contributed by atoms with van der Waals surface area (Å²) in [4.78, 5) is 12.2. The van der Waals surface area contributed by atoms with Gasteiger partial charge in [-0.3, -0.25) is 14.3 Å². The van der Waals surface area contributed by atoms with Gasteiger partial charge in [0.25, 0.3) is 15.9 Å². The second kappa shape index (κ2) is 10.7. The van der Waals surface area contributed by atoms with E-state index in [0.717, 1.165) is 16.4 Å². The van der Waals surface area contributed by atoms with Crippen molar-refractivity contribution >= 4 is 21.6 Å². The van der Waals surface area contributed by atoms with Crippen molar-refractivity contribution in [3.63, 3.8) is 0 Å². The normalized spacial score (nSPS) is 11.6. The third-order valence-electron chi connectivity index (χ3n) is 4.80. The summed E-state index contributed by atoms with van der Waals surface area (Å²) in [6.45, 7) is -2.08. The number of rotatable bonds is 9. The molecule has 186 valence electrons. The van der Waals surface area contributed by atoms with E-state index in [0.29, 0.717) is 11.3 Å². The Morgan fingerprint density at radius 3 is 2.23 bits per heavy atom. The molecule has 1 amide bonds. The largest absolute Gasteiger partial charge is 0.497 e. The van der Waals surface area contributed by atoms with Gasteiger partial charge in [-0.2, -0.15) is 13.2 Å². The first-order chi connectivity index (χ1) is 16.6. The van der Waals surface area contributed by atoms with Gasteiger partial charge in [0.2, 0.25) is 0 Å². The lowest BCUT2D eigenvalue weighted by Gasteiger charge is -2.28. The van der Waals surface area contributed by atoms with E-state index in [-0.39, 0.29) is 11.4 Å². The zero-order valence-electron chi connectivity index (χ0n) is 18.3. The van der Waals surface area contributed by atoms with E-state index in [9.17, 15) is 31.6 Å². The maximum atomic E-state index is 13.8. The minimum Gasteiger partial charge on any atom is -0.497 e. The van der Waals surface area contributed by atoms with Crippen LogP contribution in [-0.4, -0.2) is 39.4 Å². The van der Waals surface area contributed by atoms with E-state index in [1.807, 2.05) is 0 Å². The topological polar surface area (TPSA) is 105 Å². The molecule has 12 heteroatoms. The number of hydroxylamine groups is 1. The number of methoxy groups -OCH3 is 1. The number of nitrogens with zero attached hydrogens (tertiary/aromatic N) is 1. The Morgan fingerprint density at radius 2 is 1.66 bits per heavy atom. The molecule has 0 heterocycles. The van der Waals surface area contributed by atoms with Crippen LogP contribution in [-0.2, 0) is 16.6 Å². The zero-order chi connectivity index (χ0) is 25.6. The van der Waals surface area contributed by atoms with E-state index in [1.54, 1.807) is 30.3 Å². The molecule has 0 saturated carbocycles. The molecular formula is C23H21F3N2O6S. The minimum atomic E-state index is -4.73. The summed E-state index contributed by atoms with van der Waals surface area (Å²) in [5.41, 5.74) is 0.983. The van der Waals surface area contributed by atoms with Gasteiger partial charge in [-0.1, -0.05) is 36.4 Å². The van der Waals surface area contributed by atoms with Crippen LogP contribution in [0.5, 0.6) is 11.5 Å². The van der Waals surface area contributed by atoms with Crippen LogP contribution >= 0.6 is 0 Å². The fraction of sp³-hybridized carbons (Fsp3) is 0.174. The first kappa shape index (κ1) is 25.8. The third kappa shape index (κ3) is 6.22. The Bertz CT molecular complexity index is 1270. The highest BCUT2D eigenvalue weighted by Crippen LogP contribution is 2.38. The van der Waals surface area contributed by atoms with E-state index in [1.165, 1.54) is 42.9 Å². The van der Waals surface area contributed by atoms with Crippen LogP contribution in [0.2, 0.25) is 0 Å². The molecule has 2 N–H and O–H groups in total. The highest BCUT2D eigenvalue weighted by atomic mass is 32.2. The van der Waals surface area contributed by atoms with Crippen molar-refractivity contribution < 1.29 is 41.1 Å². The average molecular weight is 510 g/mol. The van der Waals surface area contributed by atoms with Gasteiger partial charge in [0.1, 0.15) is 17.2 Å². The van der Waals surface area contributed by atoms with Crippen LogP contribution in [0.15, 0.2) is 77.7 Å². The molecule has 0 unspecified atom stereocenters. The van der Waals surface area contributed by atoms with Crippen LogP contribution < -0.4 is 19.3 Å². The van der Waals surface area contributed by atoms with Gasteiger partial charge >= 0.3 is 6.18 Å². The maximum Gasteiger partial charge on any atom is 0.422 e. The second-order valence-corrected chi connectivity index (χ2v) is 9.03. The highest BCUT2D eigenvalue weighted by molar-refractivity contribution is 7.92. The summed E-state index contributed by atoms with van der Waals surface area (Å²) < 4.78 is 77.0. The van der Waals surface area contributed by atoms with Crippen molar-refractivity contribution in [1.29, 1.82) is 0 Å². The number of halogens is 3. The Kier molecular flexibility index (Phi) is 7.87. The molecular weight excluding hydrogens is 489 g/mol. The molecule has 0 saturated heterocycles. The SMILES string of the molecule is COc1ccc(S(=O)(=O)N(Cc2ccccc2)c2c(OCC(F)(F)F)cccc2C(=O)NO)cc1. The number of carbonyl (C=O) groups is 1. The quantitative estimate of drug-likeness (QED) is 0.331. The molecule has 3 aromatic carbocycles. The molecule has 3 aromatic rings. The molecule has 0 aromatic heterocycles. The molecule has 0 aliphatic heterocycles. The predicted molar refractivity (Wildman–Crippen MR) is 120 cm³/mol. The monoisotopic (exact) mass is 510 g/mol. The summed E-state index contributed by atoms with van der Waals surface area (Å²) >= 11 is 0. The van der Waals surface area contributed by atoms with E-state index < -0.39 is 45.7 Å². The van der Waals surface area contributed by atoms with Crippen LogP contribution in [0.3, 0.4) is 0 Å². The fourth-order valence-electron chi connectivity index (χ4n) is 3.21.